The maximum atomic E-state index is 13.8. The molecule has 0 heterocycles. The summed E-state index contributed by atoms with van der Waals surface area (Å²) in [7, 11) is 0. The minimum Gasteiger partial charge on any atom is -2.00 e. The van der Waals surface area contributed by atoms with Gasteiger partial charge in [-0.2, -0.15) is 12.6 Å². The van der Waals surface area contributed by atoms with Crippen LogP contribution in [0, 0.1) is 35.0 Å². The van der Waals surface area contributed by atoms with Crippen LogP contribution in [0.25, 0.3) is 0 Å². The minimum atomic E-state index is -1.05. The van der Waals surface area contributed by atoms with Crippen molar-refractivity contribution in [3.63, 3.8) is 0 Å². The summed E-state index contributed by atoms with van der Waals surface area (Å²) in [6.07, 6.45) is 9.38. The number of hydrogen-bond donors (Lipinski definition) is 6. The van der Waals surface area contributed by atoms with Crippen LogP contribution in [-0.4, -0.2) is 72.3 Å². The number of rotatable bonds is 19. The molecule has 4 saturated carbocycles. The predicted octanol–water partition coefficient (Wildman–Crippen LogP) is 3.45. The Balaban J connectivity index is 0.00000468. The van der Waals surface area contributed by atoms with E-state index in [9.17, 15) is 28.8 Å². The number of aldehydes is 1. The number of carbonyl (C=O) groups excluding carboxylic acids is 6. The molecule has 1 radical (unpaired) electrons. The van der Waals surface area contributed by atoms with Gasteiger partial charge in [0.15, 0.2) is 0 Å². The van der Waals surface area contributed by atoms with Crippen molar-refractivity contribution in [2.45, 2.75) is 116 Å². The summed E-state index contributed by atoms with van der Waals surface area (Å²) in [6, 6.07) is 4.90. The topological polar surface area (TPSA) is 191 Å². The molecule has 4 bridgehead atoms. The Bertz CT molecular complexity index is 1330. The van der Waals surface area contributed by atoms with Crippen LogP contribution in [0.4, 0.5) is 0 Å². The van der Waals surface area contributed by atoms with Gasteiger partial charge in [0, 0.05) is 43.7 Å². The second-order valence-electron chi connectivity index (χ2n) is 15.4. The normalized spacial score (nSPS) is 24.1. The van der Waals surface area contributed by atoms with Gasteiger partial charge in [0.05, 0.1) is 6.04 Å². The zero-order valence-electron chi connectivity index (χ0n) is 30.8. The Kier molecular flexibility index (Phi) is 18.5. The standard InChI is InChI=1S/C38H57N5O6S.O.Re/c1-5-24(4)32(43-33(45)28-11-7-6-8-12-28)36(48)40-29(34(46)42-31(22-50)35(47)41-30(21-44)23(2)3)13-9-10-14-39-37(49)38-18-25-15-26(19-38)17-27(16-25)20-38;;/h6-8,11-12,21,23-27,29-32,50H,5,9-10,13-20,22H2,1-4H3,(H,39,49)(H,40,48)(H,41,47)(H,42,46)(H,43,45);;/q;-2;/t24-,25?,26?,27?,29-,30+,31-,32-,38?;;/m0../s1. The molecule has 4 aliphatic carbocycles. The van der Waals surface area contributed by atoms with Crippen molar-refractivity contribution in [3.8, 4) is 0 Å². The Morgan fingerprint density at radius 3 is 1.90 bits per heavy atom. The fourth-order valence-electron chi connectivity index (χ4n) is 8.39. The van der Waals surface area contributed by atoms with Crippen LogP contribution >= 0.6 is 12.6 Å². The van der Waals surface area contributed by atoms with Gasteiger partial charge in [-0.1, -0.05) is 52.3 Å². The first-order valence-electron chi connectivity index (χ1n) is 18.5. The van der Waals surface area contributed by atoms with Crippen molar-refractivity contribution in [2.75, 3.05) is 12.3 Å². The van der Waals surface area contributed by atoms with Crippen LogP contribution in [0.3, 0.4) is 0 Å². The summed E-state index contributed by atoms with van der Waals surface area (Å²) < 4.78 is 0. The number of amides is 5. The van der Waals surface area contributed by atoms with E-state index in [1.807, 2.05) is 13.8 Å². The van der Waals surface area contributed by atoms with Crippen molar-refractivity contribution in [2.24, 2.45) is 35.0 Å². The van der Waals surface area contributed by atoms with Crippen molar-refractivity contribution in [1.29, 1.82) is 0 Å². The molecule has 1 aromatic rings. The van der Waals surface area contributed by atoms with E-state index < -0.39 is 47.8 Å². The predicted molar refractivity (Wildman–Crippen MR) is 196 cm³/mol. The van der Waals surface area contributed by atoms with Gasteiger partial charge in [-0.3, -0.25) is 24.0 Å². The molecule has 5 N–H and O–H groups in total. The van der Waals surface area contributed by atoms with Crippen LogP contribution in [0.2, 0.25) is 0 Å². The van der Waals surface area contributed by atoms with Crippen molar-refractivity contribution >= 4 is 48.5 Å². The van der Waals surface area contributed by atoms with Crippen LogP contribution in [0.1, 0.15) is 102 Å². The molecule has 5 atom stereocenters. The Labute approximate surface area is 327 Å². The molecule has 1 aromatic carbocycles. The van der Waals surface area contributed by atoms with E-state index >= 15 is 0 Å². The van der Waals surface area contributed by atoms with Crippen LogP contribution < -0.4 is 26.6 Å². The van der Waals surface area contributed by atoms with E-state index in [0.717, 1.165) is 19.3 Å². The van der Waals surface area contributed by atoms with E-state index in [-0.39, 0.29) is 61.2 Å². The summed E-state index contributed by atoms with van der Waals surface area (Å²) in [5.74, 6) is -0.277. The Morgan fingerprint density at radius 2 is 1.38 bits per heavy atom. The van der Waals surface area contributed by atoms with Crippen LogP contribution in [-0.2, 0) is 49.9 Å². The van der Waals surface area contributed by atoms with Crippen molar-refractivity contribution in [3.05, 3.63) is 35.9 Å². The Hall–Kier alpha value is -2.79. The Morgan fingerprint density at radius 1 is 0.827 bits per heavy atom. The first kappa shape index (κ1) is 45.4. The second-order valence-corrected chi connectivity index (χ2v) is 15.7. The number of benzene rings is 1. The maximum absolute atomic E-state index is 13.8. The van der Waals surface area contributed by atoms with E-state index in [4.69, 9.17) is 0 Å². The number of nitrogens with one attached hydrogen (secondary N) is 5. The van der Waals surface area contributed by atoms with Crippen LogP contribution in [0.15, 0.2) is 30.3 Å². The van der Waals surface area contributed by atoms with Crippen molar-refractivity contribution in [1.82, 2.24) is 26.6 Å². The zero-order valence-corrected chi connectivity index (χ0v) is 34.4. The van der Waals surface area contributed by atoms with Gasteiger partial charge in [0.1, 0.15) is 24.4 Å². The fraction of sp³-hybridized carbons (Fsp3) is 0.684. The molecule has 14 heteroatoms. The van der Waals surface area contributed by atoms with Gasteiger partial charge in [0.2, 0.25) is 23.6 Å². The van der Waals surface area contributed by atoms with Gasteiger partial charge in [-0.05, 0) is 99.5 Å². The maximum Gasteiger partial charge on any atom is 0.251 e. The largest absolute Gasteiger partial charge is 2.00 e. The third-order valence-corrected chi connectivity index (χ3v) is 11.5. The molecule has 291 valence electrons. The molecule has 0 aromatic heterocycles. The van der Waals surface area contributed by atoms with Gasteiger partial charge >= 0.3 is 0 Å². The number of thiol groups is 1. The molecule has 5 rings (SSSR count). The van der Waals surface area contributed by atoms with Gasteiger partial charge in [-0.15, -0.1) is 0 Å². The van der Waals surface area contributed by atoms with E-state index in [1.165, 1.54) is 19.3 Å². The summed E-state index contributed by atoms with van der Waals surface area (Å²) in [4.78, 5) is 78.4. The molecule has 0 unspecified atom stereocenters. The van der Waals surface area contributed by atoms with E-state index in [1.54, 1.807) is 44.2 Å². The fourth-order valence-corrected chi connectivity index (χ4v) is 8.64. The summed E-state index contributed by atoms with van der Waals surface area (Å²) >= 11 is 4.27. The molecule has 0 saturated heterocycles. The molecule has 52 heavy (non-hydrogen) atoms. The molecule has 0 aliphatic heterocycles. The monoisotopic (exact) mass is 914 g/mol. The first-order valence-corrected chi connectivity index (χ1v) is 19.1. The average Bonchev–Trinajstić information content (AvgIpc) is 3.09. The van der Waals surface area contributed by atoms with Crippen molar-refractivity contribution < 1.29 is 54.7 Å². The quantitative estimate of drug-likeness (QED) is 0.0701. The summed E-state index contributed by atoms with van der Waals surface area (Å²) in [5, 5.41) is 14.2. The average molecular weight is 914 g/mol. The van der Waals surface area contributed by atoms with E-state index in [0.29, 0.717) is 55.4 Å². The molecular formula is C38H57N5O7ReS-2. The van der Waals surface area contributed by atoms with Crippen LogP contribution in [0.5, 0.6) is 0 Å². The molecule has 12 nitrogen and oxygen atoms in total. The SMILES string of the molecule is CC[C@H](C)[C@H](NC(=O)c1ccccc1)C(=O)N[C@@H](CCCCNC(=O)C12CC3CC(CC(C3)C1)C2)C(=O)N[C@@H](CS)C(=O)N[C@H](C=O)C(C)C.[O-2].[Re]. The number of unbranched alkanes of at least 4 members (excludes halogenated alkanes) is 1. The van der Waals surface area contributed by atoms with E-state index in [2.05, 4.69) is 39.2 Å². The molecule has 5 amide bonds. The first-order chi connectivity index (χ1) is 23.9. The zero-order chi connectivity index (χ0) is 36.4. The van der Waals surface area contributed by atoms with Gasteiger partial charge < -0.3 is 36.9 Å². The molecular weight excluding hydrogens is 857 g/mol. The molecule has 4 fully saturated rings. The third-order valence-electron chi connectivity index (χ3n) is 11.2. The summed E-state index contributed by atoms with van der Waals surface area (Å²) in [6.45, 7) is 7.84. The number of carbonyl (C=O) groups is 6. The third kappa shape index (κ3) is 11.9. The minimum absolute atomic E-state index is 0. The molecule has 0 spiro atoms. The second kappa shape index (κ2) is 21.2. The molecule has 4 aliphatic rings. The summed E-state index contributed by atoms with van der Waals surface area (Å²) in [5.41, 5.74) is 0.178. The van der Waals surface area contributed by atoms with Gasteiger partial charge in [0.25, 0.3) is 5.91 Å². The van der Waals surface area contributed by atoms with Gasteiger partial charge in [-0.25, -0.2) is 0 Å². The number of hydrogen-bond acceptors (Lipinski definition) is 7. The smallest absolute Gasteiger partial charge is 0.251 e.